The molecule has 0 saturated heterocycles. The van der Waals surface area contributed by atoms with Crippen molar-refractivity contribution in [3.8, 4) is 0 Å². The molecule has 1 aromatic rings. The van der Waals surface area contributed by atoms with Crippen molar-refractivity contribution in [2.45, 2.75) is 60.0 Å². The number of nitrogens with zero attached hydrogens (tertiary/aromatic N) is 1. The Balaban J connectivity index is 2.92. The zero-order valence-corrected chi connectivity index (χ0v) is 12.7. The average molecular weight is 255 g/mol. The fourth-order valence-corrected chi connectivity index (χ4v) is 2.94. The maximum atomic E-state index is 5.87. The summed E-state index contributed by atoms with van der Waals surface area (Å²) >= 11 is 1.73. The highest BCUT2D eigenvalue weighted by molar-refractivity contribution is 7.09. The third-order valence-electron chi connectivity index (χ3n) is 3.00. The monoisotopic (exact) mass is 255 g/mol. The van der Waals surface area contributed by atoms with Crippen molar-refractivity contribution in [2.24, 2.45) is 5.41 Å². The molecule has 2 atom stereocenters. The van der Waals surface area contributed by atoms with Gasteiger partial charge in [-0.05, 0) is 24.7 Å². The van der Waals surface area contributed by atoms with Gasteiger partial charge in [-0.15, -0.1) is 11.3 Å². The van der Waals surface area contributed by atoms with E-state index < -0.39 is 0 Å². The zero-order valence-electron chi connectivity index (χ0n) is 11.9. The van der Waals surface area contributed by atoms with E-state index >= 15 is 0 Å². The first-order valence-corrected chi connectivity index (χ1v) is 7.35. The molecule has 17 heavy (non-hydrogen) atoms. The van der Waals surface area contributed by atoms with Crippen LogP contribution in [0.1, 0.15) is 70.7 Å². The summed E-state index contributed by atoms with van der Waals surface area (Å²) in [4.78, 5) is 4.76. The van der Waals surface area contributed by atoms with Crippen molar-refractivity contribution in [1.82, 2.24) is 4.98 Å². The SMILES string of the molecule is CCOC(c1nc(C(C)CC)cs1)C(C)(C)C. The molecule has 1 heterocycles. The van der Waals surface area contributed by atoms with Crippen LogP contribution >= 0.6 is 11.3 Å². The quantitative estimate of drug-likeness (QED) is 0.755. The van der Waals surface area contributed by atoms with Crippen molar-refractivity contribution in [3.05, 3.63) is 16.1 Å². The highest BCUT2D eigenvalue weighted by Gasteiger charge is 2.29. The van der Waals surface area contributed by atoms with E-state index in [1.807, 2.05) is 6.92 Å². The summed E-state index contributed by atoms with van der Waals surface area (Å²) in [7, 11) is 0. The number of hydrogen-bond acceptors (Lipinski definition) is 3. The van der Waals surface area contributed by atoms with Gasteiger partial charge in [0.2, 0.25) is 0 Å². The summed E-state index contributed by atoms with van der Waals surface area (Å²) in [5, 5.41) is 3.30. The van der Waals surface area contributed by atoms with Crippen molar-refractivity contribution in [2.75, 3.05) is 6.61 Å². The lowest BCUT2D eigenvalue weighted by Gasteiger charge is -2.28. The van der Waals surface area contributed by atoms with Gasteiger partial charge < -0.3 is 4.74 Å². The van der Waals surface area contributed by atoms with Crippen molar-refractivity contribution in [3.63, 3.8) is 0 Å². The van der Waals surface area contributed by atoms with Gasteiger partial charge in [0, 0.05) is 12.0 Å². The Bertz CT molecular complexity index is 340. The maximum Gasteiger partial charge on any atom is 0.122 e. The molecule has 0 amide bonds. The van der Waals surface area contributed by atoms with Crippen molar-refractivity contribution in [1.29, 1.82) is 0 Å². The van der Waals surface area contributed by atoms with Crippen LogP contribution in [0.2, 0.25) is 0 Å². The lowest BCUT2D eigenvalue weighted by molar-refractivity contribution is -0.0134. The van der Waals surface area contributed by atoms with Crippen molar-refractivity contribution < 1.29 is 4.74 Å². The minimum absolute atomic E-state index is 0.0978. The van der Waals surface area contributed by atoms with Gasteiger partial charge in [0.25, 0.3) is 0 Å². The molecule has 0 spiro atoms. The zero-order chi connectivity index (χ0) is 13.1. The molecule has 0 aromatic carbocycles. The molecule has 0 saturated carbocycles. The smallest absolute Gasteiger partial charge is 0.122 e. The Labute approximate surface area is 109 Å². The fraction of sp³-hybridized carbons (Fsp3) is 0.786. The van der Waals surface area contributed by atoms with E-state index in [0.29, 0.717) is 5.92 Å². The Morgan fingerprint density at radius 2 is 2.00 bits per heavy atom. The molecule has 3 heteroatoms. The second-order valence-electron chi connectivity index (χ2n) is 5.62. The van der Waals surface area contributed by atoms with Gasteiger partial charge in [-0.2, -0.15) is 0 Å². The van der Waals surface area contributed by atoms with Crippen LogP contribution in [0.25, 0.3) is 0 Å². The molecule has 0 bridgehead atoms. The van der Waals surface area contributed by atoms with Crippen LogP contribution in [0.5, 0.6) is 0 Å². The van der Waals surface area contributed by atoms with E-state index in [1.165, 1.54) is 5.69 Å². The van der Waals surface area contributed by atoms with Gasteiger partial charge in [-0.3, -0.25) is 0 Å². The van der Waals surface area contributed by atoms with Gasteiger partial charge in [0.1, 0.15) is 11.1 Å². The number of ether oxygens (including phenoxy) is 1. The molecule has 1 rings (SSSR count). The number of rotatable bonds is 5. The van der Waals surface area contributed by atoms with Crippen LogP contribution in [-0.4, -0.2) is 11.6 Å². The van der Waals surface area contributed by atoms with Crippen LogP contribution in [-0.2, 0) is 4.74 Å². The molecule has 0 aliphatic rings. The third-order valence-corrected chi connectivity index (χ3v) is 3.91. The van der Waals surface area contributed by atoms with Crippen LogP contribution in [0.4, 0.5) is 0 Å². The van der Waals surface area contributed by atoms with Gasteiger partial charge in [0.15, 0.2) is 0 Å². The molecule has 0 fully saturated rings. The second-order valence-corrected chi connectivity index (χ2v) is 6.51. The third kappa shape index (κ3) is 3.78. The second kappa shape index (κ2) is 5.96. The van der Waals surface area contributed by atoms with E-state index in [-0.39, 0.29) is 11.5 Å². The number of hydrogen-bond donors (Lipinski definition) is 0. The molecule has 98 valence electrons. The molecule has 0 aliphatic carbocycles. The molecular weight excluding hydrogens is 230 g/mol. The summed E-state index contributed by atoms with van der Waals surface area (Å²) in [6, 6.07) is 0. The van der Waals surface area contributed by atoms with E-state index in [9.17, 15) is 0 Å². The van der Waals surface area contributed by atoms with Gasteiger partial charge in [-0.25, -0.2) is 4.98 Å². The summed E-state index contributed by atoms with van der Waals surface area (Å²) in [6.45, 7) is 13.8. The molecule has 0 radical (unpaired) electrons. The molecule has 0 aliphatic heterocycles. The topological polar surface area (TPSA) is 22.1 Å². The lowest BCUT2D eigenvalue weighted by atomic mass is 9.89. The Morgan fingerprint density at radius 1 is 1.35 bits per heavy atom. The lowest BCUT2D eigenvalue weighted by Crippen LogP contribution is -2.21. The molecule has 1 aromatic heterocycles. The fourth-order valence-electron chi connectivity index (χ4n) is 1.71. The normalized spacial score (nSPS) is 15.9. The highest BCUT2D eigenvalue weighted by atomic mass is 32.1. The maximum absolute atomic E-state index is 5.87. The van der Waals surface area contributed by atoms with Crippen molar-refractivity contribution >= 4 is 11.3 Å². The first kappa shape index (κ1) is 14.7. The largest absolute Gasteiger partial charge is 0.371 e. The first-order chi connectivity index (χ1) is 7.90. The average Bonchev–Trinajstić information content (AvgIpc) is 2.72. The number of thiazole rings is 1. The van der Waals surface area contributed by atoms with Gasteiger partial charge >= 0.3 is 0 Å². The standard InChI is InChI=1S/C14H25NOS/c1-7-10(3)11-9-17-13(15-11)12(16-8-2)14(4,5)6/h9-10,12H,7-8H2,1-6H3. The van der Waals surface area contributed by atoms with Crippen LogP contribution in [0.15, 0.2) is 5.38 Å². The Morgan fingerprint density at radius 3 is 2.47 bits per heavy atom. The predicted molar refractivity (Wildman–Crippen MR) is 74.6 cm³/mol. The van der Waals surface area contributed by atoms with E-state index in [4.69, 9.17) is 9.72 Å². The Hall–Kier alpha value is -0.410. The summed E-state index contributed by atoms with van der Waals surface area (Å²) < 4.78 is 5.87. The van der Waals surface area contributed by atoms with Crippen LogP contribution in [0, 0.1) is 5.41 Å². The first-order valence-electron chi connectivity index (χ1n) is 6.47. The van der Waals surface area contributed by atoms with E-state index in [0.717, 1.165) is 18.0 Å². The predicted octanol–water partition coefficient (Wildman–Crippen LogP) is 4.78. The highest BCUT2D eigenvalue weighted by Crippen LogP contribution is 2.38. The summed E-state index contributed by atoms with van der Waals surface area (Å²) in [5.74, 6) is 0.544. The van der Waals surface area contributed by atoms with Crippen LogP contribution < -0.4 is 0 Å². The molecule has 2 unspecified atom stereocenters. The number of aromatic nitrogens is 1. The van der Waals surface area contributed by atoms with Gasteiger partial charge in [0.05, 0.1) is 5.69 Å². The van der Waals surface area contributed by atoms with Gasteiger partial charge in [-0.1, -0.05) is 34.6 Å². The molecule has 0 N–H and O–H groups in total. The molecule has 2 nitrogen and oxygen atoms in total. The Kier molecular flexibility index (Phi) is 5.14. The molecular formula is C14H25NOS. The minimum Gasteiger partial charge on any atom is -0.371 e. The summed E-state index contributed by atoms with van der Waals surface area (Å²) in [5.41, 5.74) is 1.31. The van der Waals surface area contributed by atoms with E-state index in [2.05, 4.69) is 40.0 Å². The van der Waals surface area contributed by atoms with E-state index in [1.54, 1.807) is 11.3 Å². The van der Waals surface area contributed by atoms with Crippen LogP contribution in [0.3, 0.4) is 0 Å². The summed E-state index contributed by atoms with van der Waals surface area (Å²) in [6.07, 6.45) is 1.24. The minimum atomic E-state index is 0.0978.